The minimum atomic E-state index is -3.23. The lowest BCUT2D eigenvalue weighted by Gasteiger charge is -2.46. The molecule has 0 aliphatic carbocycles. The van der Waals surface area contributed by atoms with Crippen molar-refractivity contribution in [1.29, 1.82) is 0 Å². The number of ether oxygens (including phenoxy) is 1. The number of carbonyl (C=O) groups is 2. The fourth-order valence-electron chi connectivity index (χ4n) is 5.05. The first-order valence-corrected chi connectivity index (χ1v) is 14.6. The molecule has 2 amide bonds. The van der Waals surface area contributed by atoms with E-state index in [1.54, 1.807) is 63.2 Å². The number of fused-ring (bicyclic) bond motifs is 3. The predicted octanol–water partition coefficient (Wildman–Crippen LogP) is 3.55. The Morgan fingerprint density at radius 2 is 1.95 bits per heavy atom. The van der Waals surface area contributed by atoms with Crippen LogP contribution in [0.2, 0.25) is 5.02 Å². The third-order valence-corrected chi connectivity index (χ3v) is 8.91. The van der Waals surface area contributed by atoms with Crippen LogP contribution in [0.5, 0.6) is 0 Å². The number of amides is 2. The summed E-state index contributed by atoms with van der Waals surface area (Å²) in [4.78, 5) is 38.7. The van der Waals surface area contributed by atoms with Gasteiger partial charge >= 0.3 is 6.09 Å². The van der Waals surface area contributed by atoms with E-state index in [2.05, 4.69) is 4.98 Å². The van der Waals surface area contributed by atoms with Gasteiger partial charge in [0.25, 0.3) is 0 Å². The van der Waals surface area contributed by atoms with E-state index in [9.17, 15) is 18.0 Å². The van der Waals surface area contributed by atoms with E-state index in [0.717, 1.165) is 11.1 Å². The molecular weight excluding hydrogens is 530 g/mol. The number of benzene rings is 1. The van der Waals surface area contributed by atoms with Crippen LogP contribution in [0.3, 0.4) is 0 Å². The number of carbonyl (C=O) groups excluding carboxylic acids is 2. The van der Waals surface area contributed by atoms with Gasteiger partial charge in [0, 0.05) is 36.6 Å². The Hall–Kier alpha value is -3.18. The molecule has 1 aromatic carbocycles. The van der Waals surface area contributed by atoms with Gasteiger partial charge in [-0.3, -0.25) is 9.78 Å². The van der Waals surface area contributed by atoms with Crippen LogP contribution < -0.4 is 4.90 Å². The Morgan fingerprint density at radius 3 is 2.63 bits per heavy atom. The fraction of sp³-hybridized carbons (Fsp3) is 0.462. The molecule has 0 bridgehead atoms. The summed E-state index contributed by atoms with van der Waals surface area (Å²) in [7, 11) is -3.23. The molecule has 4 heterocycles. The molecule has 1 fully saturated rings. The second-order valence-electron chi connectivity index (χ2n) is 10.8. The fourth-order valence-corrected chi connectivity index (χ4v) is 5.97. The number of nitrogens with zero attached hydrogens (tertiary/aromatic N) is 5. The van der Waals surface area contributed by atoms with Crippen molar-refractivity contribution >= 4 is 50.2 Å². The molecule has 1 saturated heterocycles. The molecule has 38 heavy (non-hydrogen) atoms. The van der Waals surface area contributed by atoms with E-state index in [4.69, 9.17) is 21.3 Å². The van der Waals surface area contributed by atoms with Crippen molar-refractivity contribution in [3.63, 3.8) is 0 Å². The smallest absolute Gasteiger partial charge is 0.410 e. The van der Waals surface area contributed by atoms with E-state index in [1.807, 2.05) is 10.6 Å². The zero-order chi connectivity index (χ0) is 27.5. The molecule has 5 rings (SSSR count). The van der Waals surface area contributed by atoms with Gasteiger partial charge < -0.3 is 19.1 Å². The normalized spacial score (nSPS) is 16.7. The number of imidazole rings is 1. The first-order chi connectivity index (χ1) is 17.8. The molecule has 202 valence electrons. The quantitative estimate of drug-likeness (QED) is 0.453. The zero-order valence-corrected chi connectivity index (χ0v) is 23.3. The van der Waals surface area contributed by atoms with Gasteiger partial charge in [0.2, 0.25) is 5.91 Å². The molecule has 0 N–H and O–H groups in total. The lowest BCUT2D eigenvalue weighted by atomic mass is 9.75. The highest BCUT2D eigenvalue weighted by Gasteiger charge is 2.60. The minimum absolute atomic E-state index is 0.0428. The Balaban J connectivity index is 1.47. The van der Waals surface area contributed by atoms with Crippen molar-refractivity contribution in [1.82, 2.24) is 19.4 Å². The number of rotatable bonds is 6. The van der Waals surface area contributed by atoms with Crippen molar-refractivity contribution in [3.05, 3.63) is 53.1 Å². The molecule has 1 spiro atoms. The number of halogens is 1. The number of pyridine rings is 1. The average Bonchev–Trinajstić information content (AvgIpc) is 3.27. The summed E-state index contributed by atoms with van der Waals surface area (Å²) in [5.74, 6) is 0.377. The highest BCUT2D eigenvalue weighted by Crippen LogP contribution is 2.47. The molecule has 2 aliphatic heterocycles. The van der Waals surface area contributed by atoms with Crippen LogP contribution >= 0.6 is 11.6 Å². The number of hydrogen-bond donors (Lipinski definition) is 0. The molecule has 0 radical (unpaired) electrons. The number of likely N-dealkylation sites (tertiary alicyclic amines) is 1. The van der Waals surface area contributed by atoms with Gasteiger partial charge in [-0.05, 0) is 50.6 Å². The van der Waals surface area contributed by atoms with Gasteiger partial charge in [0.15, 0.2) is 9.84 Å². The molecule has 3 aromatic rings. The molecule has 0 atom stereocenters. The van der Waals surface area contributed by atoms with E-state index < -0.39 is 26.9 Å². The van der Waals surface area contributed by atoms with Crippen molar-refractivity contribution in [2.45, 2.75) is 51.8 Å². The van der Waals surface area contributed by atoms with Crippen LogP contribution in [0, 0.1) is 0 Å². The summed E-state index contributed by atoms with van der Waals surface area (Å²) in [6.07, 6.45) is 2.82. The maximum Gasteiger partial charge on any atom is 0.410 e. The number of hydrogen-bond acceptors (Lipinski definition) is 7. The Kier molecular flexibility index (Phi) is 6.42. The van der Waals surface area contributed by atoms with E-state index in [1.165, 1.54) is 4.90 Å². The van der Waals surface area contributed by atoms with Gasteiger partial charge in [0.05, 0.1) is 35.2 Å². The molecular formula is C26H30ClN5O5S. The summed E-state index contributed by atoms with van der Waals surface area (Å²) in [5.41, 5.74) is 1.29. The van der Waals surface area contributed by atoms with Gasteiger partial charge in [-0.2, -0.15) is 0 Å². The van der Waals surface area contributed by atoms with Crippen LogP contribution in [-0.2, 0) is 37.9 Å². The maximum absolute atomic E-state index is 13.9. The highest BCUT2D eigenvalue weighted by atomic mass is 35.5. The van der Waals surface area contributed by atoms with Gasteiger partial charge in [-0.25, -0.2) is 18.2 Å². The zero-order valence-electron chi connectivity index (χ0n) is 21.8. The van der Waals surface area contributed by atoms with Crippen molar-refractivity contribution in [2.24, 2.45) is 0 Å². The van der Waals surface area contributed by atoms with E-state index >= 15 is 0 Å². The van der Waals surface area contributed by atoms with E-state index in [-0.39, 0.29) is 43.6 Å². The van der Waals surface area contributed by atoms with Crippen LogP contribution in [0.4, 0.5) is 10.5 Å². The monoisotopic (exact) mass is 559 g/mol. The van der Waals surface area contributed by atoms with Crippen LogP contribution in [-0.4, -0.2) is 70.0 Å². The molecule has 0 saturated carbocycles. The first kappa shape index (κ1) is 26.4. The number of aromatic nitrogens is 3. The van der Waals surface area contributed by atoms with Crippen LogP contribution in [0.1, 0.15) is 39.1 Å². The van der Waals surface area contributed by atoms with Crippen molar-refractivity contribution < 1.29 is 22.7 Å². The van der Waals surface area contributed by atoms with Crippen molar-refractivity contribution in [2.75, 3.05) is 29.5 Å². The average molecular weight is 560 g/mol. The number of anilines is 1. The topological polar surface area (TPSA) is 115 Å². The summed E-state index contributed by atoms with van der Waals surface area (Å²) in [5, 5.41) is 0.511. The van der Waals surface area contributed by atoms with Gasteiger partial charge in [-0.1, -0.05) is 18.5 Å². The highest BCUT2D eigenvalue weighted by molar-refractivity contribution is 7.91. The molecule has 0 unspecified atom stereocenters. The standard InChI is InChI=1S/C26H30ClN5O5S/c1-5-38(35,36)11-10-31-20-7-6-17(27)12-19(20)29-22(31)14-32-21-13-28-9-8-18(21)26(23(32)33)15-30(16-26)24(34)37-25(2,3)4/h6-9,12-13H,5,10-11,14-16H2,1-4H3. The van der Waals surface area contributed by atoms with Crippen LogP contribution in [0.15, 0.2) is 36.7 Å². The molecule has 2 aliphatic rings. The molecule has 2 aromatic heterocycles. The molecule has 10 nitrogen and oxygen atoms in total. The summed E-state index contributed by atoms with van der Waals surface area (Å²) < 4.78 is 31.9. The van der Waals surface area contributed by atoms with E-state index in [0.29, 0.717) is 22.1 Å². The Labute approximate surface area is 226 Å². The van der Waals surface area contributed by atoms with Crippen LogP contribution in [0.25, 0.3) is 11.0 Å². The lowest BCUT2D eigenvalue weighted by molar-refractivity contribution is -0.129. The molecule has 12 heteroatoms. The third-order valence-electron chi connectivity index (χ3n) is 6.99. The van der Waals surface area contributed by atoms with Gasteiger partial charge in [0.1, 0.15) is 16.8 Å². The second kappa shape index (κ2) is 9.23. The predicted molar refractivity (Wildman–Crippen MR) is 144 cm³/mol. The number of aryl methyl sites for hydroxylation is 1. The third kappa shape index (κ3) is 4.62. The lowest BCUT2D eigenvalue weighted by Crippen LogP contribution is -2.65. The summed E-state index contributed by atoms with van der Waals surface area (Å²) in [6.45, 7) is 7.74. The summed E-state index contributed by atoms with van der Waals surface area (Å²) >= 11 is 6.20. The van der Waals surface area contributed by atoms with Gasteiger partial charge in [-0.15, -0.1) is 0 Å². The Bertz CT molecular complexity index is 1540. The second-order valence-corrected chi connectivity index (χ2v) is 13.7. The first-order valence-electron chi connectivity index (χ1n) is 12.4. The SMILES string of the molecule is CCS(=O)(=O)CCn1c(CN2C(=O)C3(CN(C(=O)OC(C)(C)C)C3)c3ccncc32)nc2cc(Cl)ccc21. The minimum Gasteiger partial charge on any atom is -0.444 e. The van der Waals surface area contributed by atoms with Crippen molar-refractivity contribution in [3.8, 4) is 0 Å². The summed E-state index contributed by atoms with van der Waals surface area (Å²) in [6, 6.07) is 7.07. The largest absolute Gasteiger partial charge is 0.444 e. The maximum atomic E-state index is 13.9. The Morgan fingerprint density at radius 1 is 1.21 bits per heavy atom. The number of sulfone groups is 1.